The van der Waals surface area contributed by atoms with E-state index in [1.165, 1.54) is 12.8 Å². The van der Waals surface area contributed by atoms with Crippen LogP contribution in [-0.4, -0.2) is 24.3 Å². The molecule has 1 aromatic carbocycles. The number of hydrogen-bond donors (Lipinski definition) is 0. The summed E-state index contributed by atoms with van der Waals surface area (Å²) in [6, 6.07) is 9.35. The van der Waals surface area contributed by atoms with Crippen molar-refractivity contribution >= 4 is 5.97 Å². The molecule has 1 heterocycles. The third-order valence-electron chi connectivity index (χ3n) is 5.95. The highest BCUT2D eigenvalue weighted by Gasteiger charge is 2.67. The van der Waals surface area contributed by atoms with Gasteiger partial charge in [0.1, 0.15) is 6.10 Å². The highest BCUT2D eigenvalue weighted by Crippen LogP contribution is 2.64. The Balaban J connectivity index is 1.31. The fourth-order valence-corrected chi connectivity index (χ4v) is 5.18. The first kappa shape index (κ1) is 11.3. The first-order valence-electron chi connectivity index (χ1n) is 7.73. The van der Waals surface area contributed by atoms with Crippen molar-refractivity contribution in [3.8, 4) is 0 Å². The Hall–Kier alpha value is -1.35. The molecule has 1 aromatic rings. The lowest BCUT2D eigenvalue weighted by Crippen LogP contribution is -2.34. The fourth-order valence-electron chi connectivity index (χ4n) is 5.18. The summed E-state index contributed by atoms with van der Waals surface area (Å²) in [4.78, 5) is 12.2. The summed E-state index contributed by atoms with van der Waals surface area (Å²) in [6.45, 7) is 0. The standard InChI is InChI=1S/C17H18O3/c18-17(9-4-2-1-3-5-9)20-13-7-10-6-11(13)12-8-14-16(19-14)15(10)12/h1-5,10-16H,6-8H2/t10-,11+,12+,13-,14+,15+,16-/m0/s1. The Morgan fingerprint density at radius 1 is 1.10 bits per heavy atom. The van der Waals surface area contributed by atoms with Crippen LogP contribution in [0.1, 0.15) is 29.6 Å². The average molecular weight is 270 g/mol. The Bertz CT molecular complexity index is 555. The van der Waals surface area contributed by atoms with E-state index in [1.807, 2.05) is 30.3 Å². The largest absolute Gasteiger partial charge is 0.458 e. The second kappa shape index (κ2) is 3.85. The van der Waals surface area contributed by atoms with Crippen molar-refractivity contribution in [2.45, 2.75) is 37.6 Å². The molecule has 5 rings (SSSR count). The van der Waals surface area contributed by atoms with Gasteiger partial charge in [-0.15, -0.1) is 0 Å². The van der Waals surface area contributed by atoms with Crippen molar-refractivity contribution in [1.82, 2.24) is 0 Å². The molecule has 3 saturated carbocycles. The molecule has 3 nitrogen and oxygen atoms in total. The predicted octanol–water partition coefficient (Wildman–Crippen LogP) is 2.66. The molecular formula is C17H18O3. The van der Waals surface area contributed by atoms with E-state index in [1.54, 1.807) is 0 Å². The van der Waals surface area contributed by atoms with Gasteiger partial charge in [0.2, 0.25) is 0 Å². The van der Waals surface area contributed by atoms with Crippen LogP contribution in [0.25, 0.3) is 0 Å². The molecular weight excluding hydrogens is 252 g/mol. The average Bonchev–Trinajstić information content (AvgIpc) is 2.86. The molecule has 7 atom stereocenters. The zero-order valence-electron chi connectivity index (χ0n) is 11.3. The minimum atomic E-state index is -0.154. The van der Waals surface area contributed by atoms with Crippen LogP contribution in [0.15, 0.2) is 30.3 Å². The van der Waals surface area contributed by atoms with Crippen LogP contribution in [0.4, 0.5) is 0 Å². The molecule has 0 N–H and O–H groups in total. The van der Waals surface area contributed by atoms with Crippen LogP contribution >= 0.6 is 0 Å². The molecule has 4 fully saturated rings. The van der Waals surface area contributed by atoms with Gasteiger partial charge in [-0.05, 0) is 55.1 Å². The highest BCUT2D eigenvalue weighted by atomic mass is 16.6. The number of hydrogen-bond acceptors (Lipinski definition) is 3. The van der Waals surface area contributed by atoms with E-state index in [4.69, 9.17) is 9.47 Å². The minimum Gasteiger partial charge on any atom is -0.458 e. The highest BCUT2D eigenvalue weighted by molar-refractivity contribution is 5.89. The monoisotopic (exact) mass is 270 g/mol. The number of ether oxygens (including phenoxy) is 2. The van der Waals surface area contributed by atoms with Gasteiger partial charge in [0.15, 0.2) is 0 Å². The zero-order valence-corrected chi connectivity index (χ0v) is 11.3. The van der Waals surface area contributed by atoms with Crippen molar-refractivity contribution in [2.24, 2.45) is 23.7 Å². The van der Waals surface area contributed by atoms with Gasteiger partial charge in [-0.3, -0.25) is 0 Å². The molecule has 0 spiro atoms. The zero-order chi connectivity index (χ0) is 13.3. The van der Waals surface area contributed by atoms with Gasteiger partial charge in [-0.2, -0.15) is 0 Å². The number of carbonyl (C=O) groups is 1. The van der Waals surface area contributed by atoms with Crippen molar-refractivity contribution in [3.05, 3.63) is 35.9 Å². The molecule has 0 radical (unpaired) electrons. The lowest BCUT2D eigenvalue weighted by Gasteiger charge is -2.32. The third kappa shape index (κ3) is 1.47. The topological polar surface area (TPSA) is 38.8 Å². The van der Waals surface area contributed by atoms with E-state index < -0.39 is 0 Å². The van der Waals surface area contributed by atoms with E-state index in [0.717, 1.165) is 24.2 Å². The minimum absolute atomic E-state index is 0.145. The Kier molecular flexibility index (Phi) is 2.18. The maximum absolute atomic E-state index is 12.2. The summed E-state index contributed by atoms with van der Waals surface area (Å²) in [5.74, 6) is 2.70. The van der Waals surface area contributed by atoms with E-state index in [9.17, 15) is 4.79 Å². The quantitative estimate of drug-likeness (QED) is 0.612. The van der Waals surface area contributed by atoms with Crippen molar-refractivity contribution in [2.75, 3.05) is 0 Å². The summed E-state index contributed by atoms with van der Waals surface area (Å²) in [6.07, 6.45) is 4.74. The molecule has 20 heavy (non-hydrogen) atoms. The number of epoxide rings is 1. The first-order valence-corrected chi connectivity index (χ1v) is 7.73. The fraction of sp³-hybridized carbons (Fsp3) is 0.588. The number of rotatable bonds is 2. The van der Waals surface area contributed by atoms with Crippen LogP contribution in [-0.2, 0) is 9.47 Å². The van der Waals surface area contributed by atoms with Gasteiger partial charge >= 0.3 is 5.97 Å². The van der Waals surface area contributed by atoms with Gasteiger partial charge in [-0.1, -0.05) is 18.2 Å². The van der Waals surface area contributed by atoms with Crippen LogP contribution in [0.3, 0.4) is 0 Å². The molecule has 0 unspecified atom stereocenters. The molecule has 3 heteroatoms. The maximum Gasteiger partial charge on any atom is 0.338 e. The van der Waals surface area contributed by atoms with Gasteiger partial charge in [-0.25, -0.2) is 4.79 Å². The maximum atomic E-state index is 12.2. The number of fused-ring (bicyclic) bond motifs is 7. The van der Waals surface area contributed by atoms with Crippen LogP contribution in [0.2, 0.25) is 0 Å². The number of carbonyl (C=O) groups excluding carboxylic acids is 1. The van der Waals surface area contributed by atoms with Crippen molar-refractivity contribution < 1.29 is 14.3 Å². The smallest absolute Gasteiger partial charge is 0.338 e. The Morgan fingerprint density at radius 3 is 2.80 bits per heavy atom. The van der Waals surface area contributed by atoms with Gasteiger partial charge < -0.3 is 9.47 Å². The lowest BCUT2D eigenvalue weighted by atomic mass is 9.79. The van der Waals surface area contributed by atoms with Crippen LogP contribution < -0.4 is 0 Å². The van der Waals surface area contributed by atoms with E-state index in [2.05, 4.69) is 0 Å². The third-order valence-corrected chi connectivity index (χ3v) is 5.95. The molecule has 3 aliphatic carbocycles. The molecule has 104 valence electrons. The second-order valence-corrected chi connectivity index (χ2v) is 6.82. The number of benzene rings is 1. The molecule has 1 aliphatic heterocycles. The van der Waals surface area contributed by atoms with E-state index in [-0.39, 0.29) is 12.1 Å². The summed E-state index contributed by atoms with van der Waals surface area (Å²) in [5.41, 5.74) is 0.671. The van der Waals surface area contributed by atoms with Gasteiger partial charge in [0.05, 0.1) is 17.8 Å². The summed E-state index contributed by atoms with van der Waals surface area (Å²) in [5, 5.41) is 0. The summed E-state index contributed by atoms with van der Waals surface area (Å²) >= 11 is 0. The van der Waals surface area contributed by atoms with Crippen molar-refractivity contribution in [3.63, 3.8) is 0 Å². The van der Waals surface area contributed by atoms with Gasteiger partial charge in [0, 0.05) is 0 Å². The van der Waals surface area contributed by atoms with E-state index >= 15 is 0 Å². The molecule has 0 amide bonds. The molecule has 0 aromatic heterocycles. The van der Waals surface area contributed by atoms with Crippen LogP contribution in [0.5, 0.6) is 0 Å². The summed E-state index contributed by atoms with van der Waals surface area (Å²) < 4.78 is 11.5. The van der Waals surface area contributed by atoms with Crippen molar-refractivity contribution in [1.29, 1.82) is 0 Å². The first-order chi connectivity index (χ1) is 9.81. The molecule has 4 aliphatic rings. The van der Waals surface area contributed by atoms with Gasteiger partial charge in [0.25, 0.3) is 0 Å². The molecule has 2 bridgehead atoms. The summed E-state index contributed by atoms with van der Waals surface area (Å²) in [7, 11) is 0. The van der Waals surface area contributed by atoms with Crippen LogP contribution in [0, 0.1) is 23.7 Å². The molecule has 1 saturated heterocycles. The van der Waals surface area contributed by atoms with E-state index in [0.29, 0.717) is 23.7 Å². The predicted molar refractivity (Wildman–Crippen MR) is 72.1 cm³/mol. The normalized spacial score (nSPS) is 46.9. The Labute approximate surface area is 118 Å². The Morgan fingerprint density at radius 2 is 1.95 bits per heavy atom. The lowest BCUT2D eigenvalue weighted by molar-refractivity contribution is -0.00658. The second-order valence-electron chi connectivity index (χ2n) is 6.82. The number of esters is 1. The SMILES string of the molecule is O=C(O[C@H]1C[C@@H]2C[C@@H]1[C@H]1C[C@H]3O[C@@H]3[C@H]21)c1ccccc1.